The van der Waals surface area contributed by atoms with Crippen LogP contribution in [-0.4, -0.2) is 53.0 Å². The smallest absolute Gasteiger partial charge is 0.255 e. The largest absolute Gasteiger partial charge is 0.496 e. The van der Waals surface area contributed by atoms with Crippen LogP contribution in [0.4, 0.5) is 0 Å². The molecule has 7 heteroatoms. The van der Waals surface area contributed by atoms with Crippen LogP contribution in [0.1, 0.15) is 50.3 Å². The minimum absolute atomic E-state index is 0.112. The van der Waals surface area contributed by atoms with Crippen molar-refractivity contribution in [2.45, 2.75) is 47.1 Å². The number of rotatable bonds is 12. The monoisotopic (exact) mass is 478 g/mol. The van der Waals surface area contributed by atoms with Crippen molar-refractivity contribution >= 4 is 22.8 Å². The van der Waals surface area contributed by atoms with Gasteiger partial charge in [0.05, 0.1) is 23.7 Å². The fraction of sp³-hybridized carbons (Fsp3) is 0.464. The zero-order valence-corrected chi connectivity index (χ0v) is 21.6. The molecule has 0 aliphatic rings. The minimum atomic E-state index is -0.163. The number of carbonyl (C=O) groups is 2. The van der Waals surface area contributed by atoms with E-state index in [2.05, 4.69) is 33.0 Å². The molecule has 0 fully saturated rings. The summed E-state index contributed by atoms with van der Waals surface area (Å²) in [6.07, 6.45) is 1.36. The van der Waals surface area contributed by atoms with E-state index in [0.29, 0.717) is 42.5 Å². The standard InChI is InChI=1S/C28H38N4O3/c1-20(2)17-31(18-21(3)4)27(33)19-32-24-13-8-7-12-23(24)30-26(32)15-10-16-29-28(34)22-11-6-9-14-25(22)35-5/h6-9,11-14,20-21H,10,15-19H2,1-5H3,(H,29,34). The van der Waals surface area contributed by atoms with Crippen LogP contribution in [0.15, 0.2) is 48.5 Å². The number of aromatic nitrogens is 2. The molecule has 2 aromatic carbocycles. The Morgan fingerprint density at radius 2 is 1.66 bits per heavy atom. The van der Waals surface area contributed by atoms with E-state index >= 15 is 0 Å². The highest BCUT2D eigenvalue weighted by Gasteiger charge is 2.20. The highest BCUT2D eigenvalue weighted by molar-refractivity contribution is 5.96. The summed E-state index contributed by atoms with van der Waals surface area (Å²) >= 11 is 0. The van der Waals surface area contributed by atoms with Crippen molar-refractivity contribution in [1.82, 2.24) is 19.8 Å². The van der Waals surface area contributed by atoms with Gasteiger partial charge in [0, 0.05) is 26.1 Å². The first-order chi connectivity index (χ1) is 16.8. The molecule has 0 spiro atoms. The van der Waals surface area contributed by atoms with Gasteiger partial charge in [0.25, 0.3) is 5.91 Å². The van der Waals surface area contributed by atoms with E-state index in [1.54, 1.807) is 19.2 Å². The molecule has 0 aliphatic heterocycles. The molecule has 0 atom stereocenters. The van der Waals surface area contributed by atoms with Crippen molar-refractivity contribution in [3.8, 4) is 5.75 Å². The number of hydrogen-bond donors (Lipinski definition) is 1. The number of hydrogen-bond acceptors (Lipinski definition) is 4. The molecule has 1 N–H and O–H groups in total. The molecule has 1 heterocycles. The predicted octanol–water partition coefficient (Wildman–Crippen LogP) is 4.55. The number of imidazole rings is 1. The fourth-order valence-corrected chi connectivity index (χ4v) is 4.26. The maximum atomic E-state index is 13.3. The molecule has 7 nitrogen and oxygen atoms in total. The Morgan fingerprint density at radius 1 is 1.00 bits per heavy atom. The minimum Gasteiger partial charge on any atom is -0.496 e. The van der Waals surface area contributed by atoms with Crippen LogP contribution in [0, 0.1) is 11.8 Å². The number of aryl methyl sites for hydroxylation is 1. The Bertz CT molecular complexity index is 1130. The van der Waals surface area contributed by atoms with Crippen LogP contribution < -0.4 is 10.1 Å². The van der Waals surface area contributed by atoms with E-state index in [4.69, 9.17) is 9.72 Å². The molecule has 1 aromatic heterocycles. The van der Waals surface area contributed by atoms with Gasteiger partial charge >= 0.3 is 0 Å². The molecule has 3 rings (SSSR count). The fourth-order valence-electron chi connectivity index (χ4n) is 4.26. The zero-order chi connectivity index (χ0) is 25.4. The summed E-state index contributed by atoms with van der Waals surface area (Å²) in [4.78, 5) is 32.7. The molecule has 0 aliphatic carbocycles. The number of para-hydroxylation sites is 3. The van der Waals surface area contributed by atoms with E-state index in [1.165, 1.54) is 0 Å². The molecule has 3 aromatic rings. The average Bonchev–Trinajstić information content (AvgIpc) is 3.17. The number of amides is 2. The predicted molar refractivity (Wildman–Crippen MR) is 140 cm³/mol. The summed E-state index contributed by atoms with van der Waals surface area (Å²) in [7, 11) is 1.56. The number of carbonyl (C=O) groups excluding carboxylic acids is 2. The van der Waals surface area contributed by atoms with Crippen molar-refractivity contribution in [3.63, 3.8) is 0 Å². The Kier molecular flexibility index (Phi) is 9.29. The van der Waals surface area contributed by atoms with Crippen molar-refractivity contribution in [3.05, 3.63) is 59.9 Å². The number of benzene rings is 2. The maximum Gasteiger partial charge on any atom is 0.255 e. The second kappa shape index (κ2) is 12.4. The van der Waals surface area contributed by atoms with Gasteiger partial charge in [0.2, 0.25) is 5.91 Å². The number of methoxy groups -OCH3 is 1. The summed E-state index contributed by atoms with van der Waals surface area (Å²) in [5.74, 6) is 2.18. The van der Waals surface area contributed by atoms with E-state index in [0.717, 1.165) is 29.9 Å². The van der Waals surface area contributed by atoms with Gasteiger partial charge in [-0.25, -0.2) is 4.98 Å². The lowest BCUT2D eigenvalue weighted by molar-refractivity contribution is -0.132. The molecular weight excluding hydrogens is 440 g/mol. The normalized spacial score (nSPS) is 11.3. The topological polar surface area (TPSA) is 76.5 Å². The Labute approximate surface area is 208 Å². The maximum absolute atomic E-state index is 13.3. The van der Waals surface area contributed by atoms with Crippen LogP contribution in [0.2, 0.25) is 0 Å². The molecule has 0 saturated carbocycles. The van der Waals surface area contributed by atoms with Crippen LogP contribution in [0.25, 0.3) is 11.0 Å². The Hall–Kier alpha value is -3.35. The second-order valence-corrected chi connectivity index (χ2v) is 9.75. The summed E-state index contributed by atoms with van der Waals surface area (Å²) in [5, 5.41) is 2.97. The number of ether oxygens (including phenoxy) is 1. The third-order valence-corrected chi connectivity index (χ3v) is 5.77. The molecule has 0 bridgehead atoms. The molecule has 0 saturated heterocycles. The molecule has 188 valence electrons. The second-order valence-electron chi connectivity index (χ2n) is 9.75. The quantitative estimate of drug-likeness (QED) is 0.388. The number of nitrogens with one attached hydrogen (secondary N) is 1. The van der Waals surface area contributed by atoms with Gasteiger partial charge < -0.3 is 19.5 Å². The lowest BCUT2D eigenvalue weighted by Gasteiger charge is -2.27. The van der Waals surface area contributed by atoms with Crippen molar-refractivity contribution < 1.29 is 14.3 Å². The number of nitrogens with zero attached hydrogens (tertiary/aromatic N) is 3. The average molecular weight is 479 g/mol. The van der Waals surface area contributed by atoms with Gasteiger partial charge in [-0.2, -0.15) is 0 Å². The van der Waals surface area contributed by atoms with Crippen molar-refractivity contribution in [1.29, 1.82) is 0 Å². The first-order valence-electron chi connectivity index (χ1n) is 12.4. The van der Waals surface area contributed by atoms with E-state index in [9.17, 15) is 9.59 Å². The lowest BCUT2D eigenvalue weighted by Crippen LogP contribution is -2.39. The van der Waals surface area contributed by atoms with Crippen molar-refractivity contribution in [2.24, 2.45) is 11.8 Å². The first kappa shape index (κ1) is 26.3. The van der Waals surface area contributed by atoms with Crippen LogP contribution in [0.5, 0.6) is 5.75 Å². The van der Waals surface area contributed by atoms with Crippen LogP contribution in [0.3, 0.4) is 0 Å². The van der Waals surface area contributed by atoms with E-state index < -0.39 is 0 Å². The van der Waals surface area contributed by atoms with Gasteiger partial charge in [0.1, 0.15) is 18.1 Å². The first-order valence-corrected chi connectivity index (χ1v) is 12.4. The molecule has 35 heavy (non-hydrogen) atoms. The van der Waals surface area contributed by atoms with E-state index in [-0.39, 0.29) is 18.4 Å². The van der Waals surface area contributed by atoms with Gasteiger partial charge in [-0.3, -0.25) is 9.59 Å². The van der Waals surface area contributed by atoms with E-state index in [1.807, 2.05) is 45.9 Å². The van der Waals surface area contributed by atoms with Crippen LogP contribution in [-0.2, 0) is 17.8 Å². The summed E-state index contributed by atoms with van der Waals surface area (Å²) in [6.45, 7) is 10.8. The Morgan fingerprint density at radius 3 is 2.34 bits per heavy atom. The molecular formula is C28H38N4O3. The molecule has 0 radical (unpaired) electrons. The van der Waals surface area contributed by atoms with Gasteiger partial charge in [-0.05, 0) is 42.5 Å². The van der Waals surface area contributed by atoms with Crippen LogP contribution >= 0.6 is 0 Å². The third-order valence-electron chi connectivity index (χ3n) is 5.77. The zero-order valence-electron chi connectivity index (χ0n) is 21.6. The Balaban J connectivity index is 1.70. The third kappa shape index (κ3) is 7.07. The number of fused-ring (bicyclic) bond motifs is 1. The van der Waals surface area contributed by atoms with Crippen molar-refractivity contribution in [2.75, 3.05) is 26.7 Å². The highest BCUT2D eigenvalue weighted by Crippen LogP contribution is 2.19. The van der Waals surface area contributed by atoms with Gasteiger partial charge in [-0.1, -0.05) is 52.0 Å². The summed E-state index contributed by atoms with van der Waals surface area (Å²) < 4.78 is 7.32. The SMILES string of the molecule is COc1ccccc1C(=O)NCCCc1nc2ccccc2n1CC(=O)N(CC(C)C)CC(C)C. The lowest BCUT2D eigenvalue weighted by atomic mass is 10.1. The van der Waals surface area contributed by atoms with Gasteiger partial charge in [-0.15, -0.1) is 0 Å². The summed E-state index contributed by atoms with van der Waals surface area (Å²) in [5.41, 5.74) is 2.36. The summed E-state index contributed by atoms with van der Waals surface area (Å²) in [6, 6.07) is 15.1. The van der Waals surface area contributed by atoms with Gasteiger partial charge in [0.15, 0.2) is 0 Å². The highest BCUT2D eigenvalue weighted by atomic mass is 16.5. The molecule has 2 amide bonds. The molecule has 0 unspecified atom stereocenters.